The van der Waals surface area contributed by atoms with Crippen LogP contribution in [0.15, 0.2) is 51.8 Å². The Balaban J connectivity index is 2.31. The Bertz CT molecular complexity index is 892. The fourth-order valence-electron chi connectivity index (χ4n) is 2.58. The highest BCUT2D eigenvalue weighted by Gasteiger charge is 2.22. The highest BCUT2D eigenvalue weighted by Crippen LogP contribution is 2.26. The summed E-state index contributed by atoms with van der Waals surface area (Å²) in [7, 11) is -2.18. The number of nitrogens with zero attached hydrogens (tertiary/aromatic N) is 2. The zero-order chi connectivity index (χ0) is 19.5. The molecule has 0 saturated heterocycles. The van der Waals surface area contributed by atoms with Crippen LogP contribution in [0.4, 0.5) is 5.69 Å². The summed E-state index contributed by atoms with van der Waals surface area (Å²) in [6.07, 6.45) is 0. The first kappa shape index (κ1) is 20.5. The summed E-state index contributed by atoms with van der Waals surface area (Å²) in [6, 6.07) is 11.5. The van der Waals surface area contributed by atoms with Crippen molar-refractivity contribution in [3.05, 3.63) is 58.1 Å². The molecule has 2 aromatic carbocycles. The number of hydrogen-bond acceptors (Lipinski definition) is 3. The summed E-state index contributed by atoms with van der Waals surface area (Å²) < 4.78 is 27.9. The molecule has 0 aromatic heterocycles. The van der Waals surface area contributed by atoms with Crippen molar-refractivity contribution in [3.63, 3.8) is 0 Å². The van der Waals surface area contributed by atoms with Crippen molar-refractivity contribution in [2.45, 2.75) is 25.7 Å². The molecule has 1 amide bonds. The molecule has 0 aliphatic rings. The Kier molecular flexibility index (Phi) is 6.47. The molecule has 0 unspecified atom stereocenters. The van der Waals surface area contributed by atoms with E-state index in [1.807, 2.05) is 26.8 Å². The molecule has 140 valence electrons. The molecule has 0 radical (unpaired) electrons. The predicted molar refractivity (Wildman–Crippen MR) is 108 cm³/mol. The van der Waals surface area contributed by atoms with Crippen LogP contribution in [-0.4, -0.2) is 39.4 Å². The summed E-state index contributed by atoms with van der Waals surface area (Å²) in [4.78, 5) is 14.2. The van der Waals surface area contributed by atoms with Crippen molar-refractivity contribution in [3.8, 4) is 0 Å². The minimum atomic E-state index is -3.70. The molecule has 0 bridgehead atoms. The van der Waals surface area contributed by atoms with Crippen LogP contribution in [-0.2, 0) is 10.0 Å². The van der Waals surface area contributed by atoms with Crippen LogP contribution in [0.5, 0.6) is 0 Å². The lowest BCUT2D eigenvalue weighted by Crippen LogP contribution is -2.30. The van der Waals surface area contributed by atoms with Gasteiger partial charge in [-0.05, 0) is 68.8 Å². The molecule has 5 nitrogen and oxygen atoms in total. The number of halogens is 1. The molecular weight excluding hydrogens is 416 g/mol. The molecule has 2 aromatic rings. The molecule has 0 heterocycles. The zero-order valence-corrected chi connectivity index (χ0v) is 17.8. The van der Waals surface area contributed by atoms with Gasteiger partial charge in [0.15, 0.2) is 0 Å². The maximum Gasteiger partial charge on any atom is 0.264 e. The summed E-state index contributed by atoms with van der Waals surface area (Å²) >= 11 is 3.41. The molecular formula is C19H23BrN2O3S. The van der Waals surface area contributed by atoms with E-state index in [0.29, 0.717) is 24.3 Å². The van der Waals surface area contributed by atoms with Gasteiger partial charge in [0.2, 0.25) is 0 Å². The van der Waals surface area contributed by atoms with Crippen LogP contribution in [0.1, 0.15) is 29.8 Å². The Morgan fingerprint density at radius 2 is 1.62 bits per heavy atom. The van der Waals surface area contributed by atoms with Crippen LogP contribution in [0.2, 0.25) is 0 Å². The molecule has 0 fully saturated rings. The first-order valence-corrected chi connectivity index (χ1v) is 10.6. The van der Waals surface area contributed by atoms with Gasteiger partial charge in [0.1, 0.15) is 0 Å². The van der Waals surface area contributed by atoms with E-state index in [1.165, 1.54) is 23.5 Å². The smallest absolute Gasteiger partial charge is 0.264 e. The average molecular weight is 439 g/mol. The van der Waals surface area contributed by atoms with Gasteiger partial charge in [-0.2, -0.15) is 0 Å². The monoisotopic (exact) mass is 438 g/mol. The second-order valence-corrected chi connectivity index (χ2v) is 8.73. The van der Waals surface area contributed by atoms with E-state index in [2.05, 4.69) is 15.9 Å². The lowest BCUT2D eigenvalue weighted by Gasteiger charge is -2.21. The van der Waals surface area contributed by atoms with Crippen molar-refractivity contribution in [1.82, 2.24) is 4.90 Å². The second-order valence-electron chi connectivity index (χ2n) is 5.91. The fraction of sp³-hybridized carbons (Fsp3) is 0.316. The van der Waals surface area contributed by atoms with Crippen LogP contribution in [0.3, 0.4) is 0 Å². The van der Waals surface area contributed by atoms with Crippen molar-refractivity contribution < 1.29 is 13.2 Å². The highest BCUT2D eigenvalue weighted by molar-refractivity contribution is 9.10. The first-order valence-electron chi connectivity index (χ1n) is 8.36. The largest absolute Gasteiger partial charge is 0.339 e. The third-order valence-corrected chi connectivity index (χ3v) is 7.00. The maximum atomic E-state index is 12.9. The summed E-state index contributed by atoms with van der Waals surface area (Å²) in [5, 5.41) is 0. The van der Waals surface area contributed by atoms with E-state index < -0.39 is 10.0 Å². The van der Waals surface area contributed by atoms with Gasteiger partial charge in [-0.3, -0.25) is 9.10 Å². The van der Waals surface area contributed by atoms with Gasteiger partial charge in [0.25, 0.3) is 15.9 Å². The number of anilines is 1. The molecule has 0 saturated carbocycles. The van der Waals surface area contributed by atoms with E-state index in [1.54, 1.807) is 29.2 Å². The number of benzene rings is 2. The fourth-order valence-corrected chi connectivity index (χ4v) is 4.02. The molecule has 7 heteroatoms. The van der Waals surface area contributed by atoms with Crippen molar-refractivity contribution in [1.29, 1.82) is 0 Å². The number of hydrogen-bond donors (Lipinski definition) is 0. The van der Waals surface area contributed by atoms with Crippen molar-refractivity contribution >= 4 is 37.5 Å². The lowest BCUT2D eigenvalue weighted by molar-refractivity contribution is 0.0773. The Hall–Kier alpha value is -1.86. The van der Waals surface area contributed by atoms with Crippen molar-refractivity contribution in [2.24, 2.45) is 0 Å². The quantitative estimate of drug-likeness (QED) is 0.682. The molecule has 0 aliphatic heterocycles. The van der Waals surface area contributed by atoms with Crippen LogP contribution in [0, 0.1) is 6.92 Å². The molecule has 26 heavy (non-hydrogen) atoms. The number of rotatable bonds is 6. The van der Waals surface area contributed by atoms with Gasteiger partial charge in [0, 0.05) is 30.2 Å². The highest BCUT2D eigenvalue weighted by atomic mass is 79.9. The Labute approximate surface area is 163 Å². The third-order valence-electron chi connectivity index (χ3n) is 4.32. The molecule has 0 aliphatic carbocycles. The van der Waals surface area contributed by atoms with E-state index in [9.17, 15) is 13.2 Å². The first-order chi connectivity index (χ1) is 12.2. The summed E-state index contributed by atoms with van der Waals surface area (Å²) in [5.74, 6) is -0.101. The van der Waals surface area contributed by atoms with E-state index in [0.717, 1.165) is 10.0 Å². The van der Waals surface area contributed by atoms with Gasteiger partial charge < -0.3 is 4.90 Å². The predicted octanol–water partition coefficient (Wildman–Crippen LogP) is 4.06. The second kappa shape index (κ2) is 8.22. The van der Waals surface area contributed by atoms with E-state index in [4.69, 9.17) is 0 Å². The normalized spacial score (nSPS) is 11.3. The maximum absolute atomic E-state index is 12.9. The zero-order valence-electron chi connectivity index (χ0n) is 15.4. The summed E-state index contributed by atoms with van der Waals surface area (Å²) in [6.45, 7) is 6.95. The molecule has 0 N–H and O–H groups in total. The van der Waals surface area contributed by atoms with Gasteiger partial charge in [-0.15, -0.1) is 0 Å². The van der Waals surface area contributed by atoms with E-state index in [-0.39, 0.29) is 10.8 Å². The molecule has 0 spiro atoms. The van der Waals surface area contributed by atoms with E-state index >= 15 is 0 Å². The van der Waals surface area contributed by atoms with Crippen LogP contribution in [0.25, 0.3) is 0 Å². The molecule has 0 atom stereocenters. The van der Waals surface area contributed by atoms with Crippen LogP contribution >= 0.6 is 15.9 Å². The van der Waals surface area contributed by atoms with Gasteiger partial charge in [0.05, 0.1) is 10.6 Å². The summed E-state index contributed by atoms with van der Waals surface area (Å²) in [5.41, 5.74) is 2.01. The lowest BCUT2D eigenvalue weighted by atomic mass is 10.2. The van der Waals surface area contributed by atoms with Gasteiger partial charge in [-0.25, -0.2) is 8.42 Å². The number of amides is 1. The third kappa shape index (κ3) is 4.10. The van der Waals surface area contributed by atoms with Gasteiger partial charge in [-0.1, -0.05) is 15.9 Å². The molecule has 2 rings (SSSR count). The number of carbonyl (C=O) groups is 1. The minimum absolute atomic E-state index is 0.101. The number of carbonyl (C=O) groups excluding carboxylic acids is 1. The van der Waals surface area contributed by atoms with Crippen molar-refractivity contribution in [2.75, 3.05) is 24.4 Å². The number of aryl methyl sites for hydroxylation is 1. The minimum Gasteiger partial charge on any atom is -0.339 e. The van der Waals surface area contributed by atoms with Crippen LogP contribution < -0.4 is 4.31 Å². The Morgan fingerprint density at radius 1 is 1.04 bits per heavy atom. The Morgan fingerprint density at radius 3 is 2.12 bits per heavy atom. The topological polar surface area (TPSA) is 57.7 Å². The number of sulfonamides is 1. The standard InChI is InChI=1S/C19H23BrN2O3S/c1-5-22(6-2)19(23)15-7-10-17(11-8-15)26(24,25)21(4)16-9-12-18(20)14(3)13-16/h7-13H,5-6H2,1-4H3. The average Bonchev–Trinajstić information content (AvgIpc) is 2.64. The van der Waals surface area contributed by atoms with Gasteiger partial charge >= 0.3 is 0 Å². The SMILES string of the molecule is CCN(CC)C(=O)c1ccc(S(=O)(=O)N(C)c2ccc(Br)c(C)c2)cc1.